The number of carbonyl (C=O) groups is 1. The van der Waals surface area contributed by atoms with Crippen LogP contribution in [0.5, 0.6) is 0 Å². The van der Waals surface area contributed by atoms with Crippen LogP contribution in [0.15, 0.2) is 0 Å². The lowest BCUT2D eigenvalue weighted by molar-refractivity contribution is -0.141. The second-order valence-electron chi connectivity index (χ2n) is 2.89. The Kier molecular flexibility index (Phi) is 6.19. The molecule has 0 heterocycles. The van der Waals surface area contributed by atoms with E-state index >= 15 is 0 Å². The lowest BCUT2D eigenvalue weighted by Crippen LogP contribution is -2.44. The van der Waals surface area contributed by atoms with E-state index in [2.05, 4.69) is 4.52 Å². The average molecular weight is 262 g/mol. The first-order valence-electron chi connectivity index (χ1n) is 4.02. The summed E-state index contributed by atoms with van der Waals surface area (Å²) in [7, 11) is -4.87. The van der Waals surface area contributed by atoms with Crippen LogP contribution in [0.4, 0.5) is 4.39 Å². The fraction of sp³-hybridized carbons (Fsp3) is 0.833. The Bertz CT molecular complexity index is 278. The molecule has 0 aromatic heterocycles. The van der Waals surface area contributed by atoms with E-state index in [9.17, 15) is 13.8 Å². The van der Waals surface area contributed by atoms with Crippen LogP contribution in [0.1, 0.15) is 0 Å². The molecule has 8 nitrogen and oxygen atoms in total. The minimum absolute atomic E-state index is 1.17. The quantitative estimate of drug-likeness (QED) is 0.322. The molecule has 0 fully saturated rings. The Morgan fingerprint density at radius 3 is 2.19 bits per heavy atom. The zero-order valence-electron chi connectivity index (χ0n) is 7.93. The van der Waals surface area contributed by atoms with Crippen LogP contribution in [-0.2, 0) is 13.9 Å². The summed E-state index contributed by atoms with van der Waals surface area (Å²) in [6, 6.07) is 0. The summed E-state index contributed by atoms with van der Waals surface area (Å²) < 4.78 is 25.8. The molecule has 0 spiro atoms. The number of aliphatic hydroxyl groups excluding tert-OH is 3. The van der Waals surface area contributed by atoms with E-state index in [1.807, 2.05) is 0 Å². The first-order chi connectivity index (χ1) is 7.19. The molecule has 0 amide bonds. The largest absolute Gasteiger partial charge is 0.470 e. The third kappa shape index (κ3) is 5.61. The number of phosphoric acid groups is 1. The molecule has 0 radical (unpaired) electrons. The Labute approximate surface area is 89.5 Å². The first kappa shape index (κ1) is 15.6. The van der Waals surface area contributed by atoms with Crippen molar-refractivity contribution < 1.29 is 43.4 Å². The molecule has 0 saturated heterocycles. The smallest absolute Gasteiger partial charge is 0.388 e. The molecule has 96 valence electrons. The van der Waals surface area contributed by atoms with Crippen LogP contribution >= 0.6 is 7.82 Å². The number of halogens is 1. The molecule has 0 aliphatic carbocycles. The molecule has 1 unspecified atom stereocenters. The summed E-state index contributed by atoms with van der Waals surface area (Å²) in [5.74, 6) is -1.29. The van der Waals surface area contributed by atoms with Crippen molar-refractivity contribution in [3.05, 3.63) is 0 Å². The normalized spacial score (nSPS) is 17.9. The van der Waals surface area contributed by atoms with Crippen LogP contribution in [0.2, 0.25) is 0 Å². The van der Waals surface area contributed by atoms with Gasteiger partial charge in [0.15, 0.2) is 5.78 Å². The van der Waals surface area contributed by atoms with Gasteiger partial charge >= 0.3 is 7.82 Å². The highest BCUT2D eigenvalue weighted by molar-refractivity contribution is 7.46. The van der Waals surface area contributed by atoms with Gasteiger partial charge in [-0.2, -0.15) is 0 Å². The Balaban J connectivity index is 4.23. The zero-order valence-corrected chi connectivity index (χ0v) is 8.83. The van der Waals surface area contributed by atoms with E-state index in [1.165, 1.54) is 0 Å². The van der Waals surface area contributed by atoms with Gasteiger partial charge in [0.25, 0.3) is 0 Å². The Hall–Kier alpha value is -0.410. The maximum absolute atomic E-state index is 11.8. The lowest BCUT2D eigenvalue weighted by Gasteiger charge is -2.19. The molecule has 16 heavy (non-hydrogen) atoms. The van der Waals surface area contributed by atoms with Crippen molar-refractivity contribution in [1.29, 1.82) is 0 Å². The summed E-state index contributed by atoms with van der Waals surface area (Å²) in [5, 5.41) is 26.7. The third-order valence-corrected chi connectivity index (χ3v) is 2.05. The average Bonchev–Trinajstić information content (AvgIpc) is 2.21. The lowest BCUT2D eigenvalue weighted by atomic mass is 10.1. The monoisotopic (exact) mass is 262 g/mol. The van der Waals surface area contributed by atoms with E-state index < -0.39 is 45.2 Å². The van der Waals surface area contributed by atoms with Crippen molar-refractivity contribution in [3.8, 4) is 0 Å². The Morgan fingerprint density at radius 1 is 1.31 bits per heavy atom. The number of aliphatic hydroxyl groups is 3. The molecule has 0 bridgehead atoms. The first-order valence-corrected chi connectivity index (χ1v) is 5.55. The summed E-state index contributed by atoms with van der Waals surface area (Å²) >= 11 is 0. The van der Waals surface area contributed by atoms with Crippen molar-refractivity contribution in [2.24, 2.45) is 0 Å². The van der Waals surface area contributed by atoms with Crippen molar-refractivity contribution in [2.75, 3.05) is 13.3 Å². The number of hydrogen-bond donors (Lipinski definition) is 5. The third-order valence-electron chi connectivity index (χ3n) is 1.58. The number of ketones is 1. The van der Waals surface area contributed by atoms with Crippen molar-refractivity contribution in [2.45, 2.75) is 18.3 Å². The Morgan fingerprint density at radius 2 is 1.81 bits per heavy atom. The number of carbonyl (C=O) groups excluding carboxylic acids is 1. The molecule has 0 aliphatic heterocycles. The minimum atomic E-state index is -4.87. The highest BCUT2D eigenvalue weighted by Gasteiger charge is 2.31. The second-order valence-corrected chi connectivity index (χ2v) is 4.13. The molecule has 10 heteroatoms. The molecule has 0 saturated carbocycles. The molecule has 0 aromatic carbocycles. The minimum Gasteiger partial charge on any atom is -0.388 e. The topological polar surface area (TPSA) is 145 Å². The van der Waals surface area contributed by atoms with E-state index in [-0.39, 0.29) is 0 Å². The zero-order chi connectivity index (χ0) is 12.9. The summed E-state index contributed by atoms with van der Waals surface area (Å²) in [6.45, 7) is -2.55. The fourth-order valence-corrected chi connectivity index (χ4v) is 1.02. The molecule has 0 rings (SSSR count). The van der Waals surface area contributed by atoms with Gasteiger partial charge in [-0.3, -0.25) is 9.32 Å². The number of Topliss-reactive ketones (excluding diaryl/α,β-unsaturated/α-hetero) is 1. The van der Waals surface area contributed by atoms with Gasteiger partial charge in [0.1, 0.15) is 31.6 Å². The molecule has 3 atom stereocenters. The van der Waals surface area contributed by atoms with E-state index in [0.717, 1.165) is 0 Å². The SMILES string of the molecule is O=C(COP(=O)(O)O)[C@H](O)[C@@H](O)C(O)CF. The van der Waals surface area contributed by atoms with Crippen LogP contribution in [0.25, 0.3) is 0 Å². The fourth-order valence-electron chi connectivity index (χ4n) is 0.725. The molecular formula is C6H12FO8P. The van der Waals surface area contributed by atoms with Gasteiger partial charge in [0.2, 0.25) is 0 Å². The molecule has 5 N–H and O–H groups in total. The number of rotatable bonds is 7. The van der Waals surface area contributed by atoms with E-state index in [1.54, 1.807) is 0 Å². The van der Waals surface area contributed by atoms with Gasteiger partial charge < -0.3 is 25.1 Å². The van der Waals surface area contributed by atoms with Gasteiger partial charge in [0, 0.05) is 0 Å². The highest BCUT2D eigenvalue weighted by atomic mass is 31.2. The van der Waals surface area contributed by atoms with E-state index in [4.69, 9.17) is 25.1 Å². The van der Waals surface area contributed by atoms with Crippen molar-refractivity contribution in [1.82, 2.24) is 0 Å². The van der Waals surface area contributed by atoms with E-state index in [0.29, 0.717) is 0 Å². The van der Waals surface area contributed by atoms with Crippen LogP contribution < -0.4 is 0 Å². The molecule has 0 aliphatic rings. The number of hydrogen-bond acceptors (Lipinski definition) is 6. The maximum Gasteiger partial charge on any atom is 0.470 e. The standard InChI is InChI=1S/C6H12FO8P/c7-1-3(8)5(10)6(11)4(9)2-15-16(12,13)14/h3,5-6,8,10-11H,1-2H2,(H2,12,13,14)/t3?,5-,6-/m0/s1. The highest BCUT2D eigenvalue weighted by Crippen LogP contribution is 2.35. The van der Waals surface area contributed by atoms with Gasteiger partial charge in [-0.15, -0.1) is 0 Å². The predicted molar refractivity (Wildman–Crippen MR) is 47.0 cm³/mol. The van der Waals surface area contributed by atoms with Gasteiger partial charge in [0.05, 0.1) is 0 Å². The van der Waals surface area contributed by atoms with Gasteiger partial charge in [-0.05, 0) is 0 Å². The van der Waals surface area contributed by atoms with Crippen molar-refractivity contribution >= 4 is 13.6 Å². The molecule has 0 aromatic rings. The molecular weight excluding hydrogens is 250 g/mol. The van der Waals surface area contributed by atoms with Gasteiger partial charge in [-0.1, -0.05) is 0 Å². The van der Waals surface area contributed by atoms with Crippen molar-refractivity contribution in [3.63, 3.8) is 0 Å². The summed E-state index contributed by atoms with van der Waals surface area (Å²) in [5.41, 5.74) is 0. The van der Waals surface area contributed by atoms with Crippen LogP contribution in [0, 0.1) is 0 Å². The maximum atomic E-state index is 11.8. The number of alkyl halides is 1. The summed E-state index contributed by atoms with van der Waals surface area (Å²) in [4.78, 5) is 27.4. The summed E-state index contributed by atoms with van der Waals surface area (Å²) in [6.07, 6.45) is -6.23. The van der Waals surface area contributed by atoms with Gasteiger partial charge in [-0.25, -0.2) is 8.96 Å². The van der Waals surface area contributed by atoms with Crippen LogP contribution in [-0.4, -0.2) is 62.5 Å². The number of phosphoric ester groups is 1. The second kappa shape index (κ2) is 6.36. The predicted octanol–water partition coefficient (Wildman–Crippen LogP) is -2.28. The van der Waals surface area contributed by atoms with Crippen LogP contribution in [0.3, 0.4) is 0 Å².